The third-order valence-corrected chi connectivity index (χ3v) is 10.1. The highest BCUT2D eigenvalue weighted by atomic mass is 28.4. The van der Waals surface area contributed by atoms with Crippen molar-refractivity contribution in [2.24, 2.45) is 0 Å². The van der Waals surface area contributed by atoms with Crippen molar-refractivity contribution in [3.05, 3.63) is 22.2 Å². The van der Waals surface area contributed by atoms with Crippen LogP contribution in [0.25, 0.3) is 0 Å². The molecule has 1 fully saturated rings. The lowest BCUT2D eigenvalue weighted by atomic mass is 10.1. The number of nitrogen functional groups attached to an aromatic ring is 1. The van der Waals surface area contributed by atoms with E-state index in [1.54, 1.807) is 13.3 Å². The summed E-state index contributed by atoms with van der Waals surface area (Å²) >= 11 is 0. The zero-order valence-corrected chi connectivity index (χ0v) is 18.2. The third-order valence-electron chi connectivity index (χ3n) is 5.64. The summed E-state index contributed by atoms with van der Waals surface area (Å²) in [6.07, 6.45) is 1.09. The largest absolute Gasteiger partial charge is 0.408 e. The number of ether oxygens (including phenoxy) is 2. The highest BCUT2D eigenvalue weighted by Gasteiger charge is 2.50. The van der Waals surface area contributed by atoms with Crippen LogP contribution in [0.1, 0.15) is 45.9 Å². The van der Waals surface area contributed by atoms with Crippen LogP contribution < -0.4 is 11.4 Å². The minimum Gasteiger partial charge on any atom is -0.408 e. The SMILES string of the molecule is CC[C@H]1O[C@@H](n2cc(C)c(N)nc2=O)C(OC)[C@H]1O[Si](C)(C)C(C)(C)C. The Morgan fingerprint density at radius 3 is 2.46 bits per heavy atom. The van der Waals surface area contributed by atoms with Crippen molar-refractivity contribution in [2.45, 2.75) is 83.7 Å². The highest BCUT2D eigenvalue weighted by Crippen LogP contribution is 2.42. The van der Waals surface area contributed by atoms with Crippen molar-refractivity contribution in [3.63, 3.8) is 0 Å². The Kier molecular flexibility index (Phi) is 6.02. The van der Waals surface area contributed by atoms with Gasteiger partial charge in [-0.15, -0.1) is 0 Å². The quantitative estimate of drug-likeness (QED) is 0.787. The first-order valence-corrected chi connectivity index (χ1v) is 12.0. The van der Waals surface area contributed by atoms with Crippen LogP contribution in [0.3, 0.4) is 0 Å². The summed E-state index contributed by atoms with van der Waals surface area (Å²) in [6.45, 7) is 14.9. The third kappa shape index (κ3) is 3.88. The molecule has 0 radical (unpaired) electrons. The molecular weight excluding hydrogens is 350 g/mol. The molecule has 0 spiro atoms. The fourth-order valence-corrected chi connectivity index (χ4v) is 4.25. The van der Waals surface area contributed by atoms with Crippen molar-refractivity contribution in [1.82, 2.24) is 9.55 Å². The maximum Gasteiger partial charge on any atom is 0.351 e. The first-order valence-electron chi connectivity index (χ1n) is 9.14. The molecule has 1 unspecified atom stereocenters. The van der Waals surface area contributed by atoms with Crippen LogP contribution in [0.15, 0.2) is 11.0 Å². The summed E-state index contributed by atoms with van der Waals surface area (Å²) in [5.41, 5.74) is 6.04. The van der Waals surface area contributed by atoms with Gasteiger partial charge >= 0.3 is 5.69 Å². The number of aromatic nitrogens is 2. The molecule has 0 amide bonds. The van der Waals surface area contributed by atoms with Crippen LogP contribution in [-0.4, -0.2) is 43.3 Å². The van der Waals surface area contributed by atoms with Gasteiger partial charge in [0.1, 0.15) is 18.0 Å². The Balaban J connectivity index is 2.41. The van der Waals surface area contributed by atoms with Crippen LogP contribution in [0, 0.1) is 6.92 Å². The van der Waals surface area contributed by atoms with Crippen molar-refractivity contribution >= 4 is 14.1 Å². The number of aryl methyl sites for hydroxylation is 1. The van der Waals surface area contributed by atoms with Gasteiger partial charge in [0, 0.05) is 18.9 Å². The van der Waals surface area contributed by atoms with Gasteiger partial charge in [-0.3, -0.25) is 4.57 Å². The maximum absolute atomic E-state index is 12.4. The molecule has 148 valence electrons. The molecule has 1 aliphatic rings. The Labute approximate surface area is 157 Å². The second-order valence-electron chi connectivity index (χ2n) is 8.52. The zero-order valence-electron chi connectivity index (χ0n) is 17.2. The number of nitrogens with two attached hydrogens (primary N) is 1. The van der Waals surface area contributed by atoms with Crippen LogP contribution in [0.5, 0.6) is 0 Å². The summed E-state index contributed by atoms with van der Waals surface area (Å²) in [4.78, 5) is 16.3. The molecule has 8 heteroatoms. The van der Waals surface area contributed by atoms with Gasteiger partial charge in [-0.05, 0) is 31.5 Å². The van der Waals surface area contributed by atoms with Gasteiger partial charge in [0.05, 0.1) is 6.10 Å². The lowest BCUT2D eigenvalue weighted by molar-refractivity contribution is -0.0539. The van der Waals surface area contributed by atoms with E-state index in [-0.39, 0.29) is 23.1 Å². The Hall–Kier alpha value is -1.22. The summed E-state index contributed by atoms with van der Waals surface area (Å²) in [5, 5.41) is 0.0673. The molecule has 2 rings (SSSR count). The molecule has 7 nitrogen and oxygen atoms in total. The summed E-state index contributed by atoms with van der Waals surface area (Å²) in [5.74, 6) is 0.235. The van der Waals surface area contributed by atoms with E-state index in [2.05, 4.69) is 45.8 Å². The van der Waals surface area contributed by atoms with Crippen LogP contribution in [0.4, 0.5) is 5.82 Å². The standard InChI is InChI=1S/C18H33N3O4Si/c1-9-12-13(25-26(7,8)18(3,4)5)14(23-6)16(24-12)21-10-11(2)15(19)20-17(21)22/h10,12-14,16H,9H2,1-8H3,(H2,19,20,22)/t12-,13+,14?,16-/m1/s1. The first kappa shape index (κ1) is 21.1. The van der Waals surface area contributed by atoms with Gasteiger partial charge in [0.25, 0.3) is 0 Å². The van der Waals surface area contributed by atoms with E-state index in [4.69, 9.17) is 19.6 Å². The van der Waals surface area contributed by atoms with E-state index < -0.39 is 26.3 Å². The molecule has 1 saturated heterocycles. The molecule has 0 saturated carbocycles. The lowest BCUT2D eigenvalue weighted by Gasteiger charge is -2.40. The predicted molar refractivity (Wildman–Crippen MR) is 105 cm³/mol. The molecule has 26 heavy (non-hydrogen) atoms. The van der Waals surface area contributed by atoms with E-state index in [0.29, 0.717) is 0 Å². The van der Waals surface area contributed by atoms with E-state index in [1.165, 1.54) is 4.57 Å². The molecule has 1 aromatic rings. The van der Waals surface area contributed by atoms with E-state index in [9.17, 15) is 4.79 Å². The Morgan fingerprint density at radius 1 is 1.35 bits per heavy atom. The van der Waals surface area contributed by atoms with Gasteiger partial charge in [0.15, 0.2) is 14.5 Å². The topological polar surface area (TPSA) is 88.6 Å². The number of hydrogen-bond donors (Lipinski definition) is 1. The molecule has 0 bridgehead atoms. The molecule has 2 N–H and O–H groups in total. The molecule has 0 aromatic carbocycles. The molecular formula is C18H33N3O4Si. The van der Waals surface area contributed by atoms with Crippen molar-refractivity contribution in [1.29, 1.82) is 0 Å². The van der Waals surface area contributed by atoms with Gasteiger partial charge in [-0.25, -0.2) is 4.79 Å². The lowest BCUT2D eigenvalue weighted by Crippen LogP contribution is -2.49. The van der Waals surface area contributed by atoms with Gasteiger partial charge in [-0.1, -0.05) is 27.7 Å². The highest BCUT2D eigenvalue weighted by molar-refractivity contribution is 6.74. The Bertz CT molecular complexity index is 699. The van der Waals surface area contributed by atoms with Crippen molar-refractivity contribution < 1.29 is 13.9 Å². The van der Waals surface area contributed by atoms with Gasteiger partial charge in [0.2, 0.25) is 0 Å². The van der Waals surface area contributed by atoms with E-state index in [0.717, 1.165) is 12.0 Å². The van der Waals surface area contributed by atoms with Gasteiger partial charge < -0.3 is 19.6 Å². The summed E-state index contributed by atoms with van der Waals surface area (Å²) < 4.78 is 20.1. The number of methoxy groups -OCH3 is 1. The fraction of sp³-hybridized carbons (Fsp3) is 0.778. The second kappa shape index (κ2) is 7.42. The van der Waals surface area contributed by atoms with E-state index in [1.807, 2.05) is 6.92 Å². The average molecular weight is 384 g/mol. The molecule has 2 heterocycles. The van der Waals surface area contributed by atoms with Crippen LogP contribution >= 0.6 is 0 Å². The zero-order chi connectivity index (χ0) is 19.9. The molecule has 4 atom stereocenters. The van der Waals surface area contributed by atoms with Crippen molar-refractivity contribution in [3.8, 4) is 0 Å². The smallest absolute Gasteiger partial charge is 0.351 e. The average Bonchev–Trinajstić information content (AvgIpc) is 2.86. The van der Waals surface area contributed by atoms with Crippen LogP contribution in [-0.2, 0) is 13.9 Å². The number of anilines is 1. The predicted octanol–water partition coefficient (Wildman–Crippen LogP) is 2.85. The maximum atomic E-state index is 12.4. The normalized spacial score (nSPS) is 27.1. The molecule has 0 aliphatic carbocycles. The minimum absolute atomic E-state index is 0.0673. The minimum atomic E-state index is -2.03. The second-order valence-corrected chi connectivity index (χ2v) is 13.3. The monoisotopic (exact) mass is 383 g/mol. The first-order chi connectivity index (χ1) is 11.9. The fourth-order valence-electron chi connectivity index (χ4n) is 2.93. The van der Waals surface area contributed by atoms with Gasteiger partial charge in [-0.2, -0.15) is 4.98 Å². The number of rotatable bonds is 5. The molecule has 1 aliphatic heterocycles. The number of hydrogen-bond acceptors (Lipinski definition) is 6. The van der Waals surface area contributed by atoms with Crippen molar-refractivity contribution in [2.75, 3.05) is 12.8 Å². The summed E-state index contributed by atoms with van der Waals surface area (Å²) in [6, 6.07) is 0. The molecule has 1 aromatic heterocycles. The van der Waals surface area contributed by atoms with Crippen LogP contribution in [0.2, 0.25) is 18.1 Å². The number of nitrogens with zero attached hydrogens (tertiary/aromatic N) is 2. The Morgan fingerprint density at radius 2 is 1.96 bits per heavy atom. The summed E-state index contributed by atoms with van der Waals surface area (Å²) in [7, 11) is -0.404. The van der Waals surface area contributed by atoms with E-state index >= 15 is 0 Å².